The lowest BCUT2D eigenvalue weighted by atomic mass is 9.82. The molecule has 0 aliphatic carbocycles. The van der Waals surface area contributed by atoms with Crippen molar-refractivity contribution < 1.29 is 4.74 Å². The fourth-order valence-electron chi connectivity index (χ4n) is 5.37. The number of methoxy groups -OCH3 is 1. The Kier molecular flexibility index (Phi) is 6.01. The molecule has 4 aliphatic heterocycles. The summed E-state index contributed by atoms with van der Waals surface area (Å²) in [5.74, 6) is 2.32. The van der Waals surface area contributed by atoms with Gasteiger partial charge >= 0.3 is 0 Å². The van der Waals surface area contributed by atoms with Gasteiger partial charge in [-0.1, -0.05) is 17.7 Å². The maximum atomic E-state index is 6.50. The molecule has 5 rings (SSSR count). The zero-order chi connectivity index (χ0) is 22.3. The summed E-state index contributed by atoms with van der Waals surface area (Å²) in [5.41, 5.74) is 0.623. The monoisotopic (exact) mass is 456 g/mol. The van der Waals surface area contributed by atoms with Crippen molar-refractivity contribution in [3.05, 3.63) is 53.1 Å². The van der Waals surface area contributed by atoms with Gasteiger partial charge in [-0.15, -0.1) is 0 Å². The van der Waals surface area contributed by atoms with Crippen LogP contribution in [0.2, 0.25) is 5.02 Å². The van der Waals surface area contributed by atoms with Crippen molar-refractivity contribution in [2.24, 2.45) is 4.99 Å². The number of halogens is 1. The summed E-state index contributed by atoms with van der Waals surface area (Å²) in [6, 6.07) is 3.99. The van der Waals surface area contributed by atoms with Crippen molar-refractivity contribution in [1.29, 1.82) is 0 Å². The predicted octanol–water partition coefficient (Wildman–Crippen LogP) is 2.67. The normalized spacial score (nSPS) is 33.2. The lowest BCUT2D eigenvalue weighted by Gasteiger charge is -2.43. The van der Waals surface area contributed by atoms with Crippen LogP contribution in [0.25, 0.3) is 0 Å². The third-order valence-corrected chi connectivity index (χ3v) is 7.64. The summed E-state index contributed by atoms with van der Waals surface area (Å²) in [6.45, 7) is 7.38. The van der Waals surface area contributed by atoms with Gasteiger partial charge in [-0.2, -0.15) is 0 Å². The molecule has 1 N–H and O–H groups in total. The van der Waals surface area contributed by atoms with E-state index in [2.05, 4.69) is 57.2 Å². The molecule has 0 aromatic carbocycles. The van der Waals surface area contributed by atoms with Crippen LogP contribution in [0.5, 0.6) is 0 Å². The summed E-state index contributed by atoms with van der Waals surface area (Å²) in [4.78, 5) is 17.1. The molecule has 32 heavy (non-hydrogen) atoms. The number of rotatable bonds is 4. The van der Waals surface area contributed by atoms with Crippen molar-refractivity contribution in [3.8, 4) is 0 Å². The Hall–Kier alpha value is -1.93. The lowest BCUT2D eigenvalue weighted by Crippen LogP contribution is -2.57. The Morgan fingerprint density at radius 3 is 2.78 bits per heavy atom. The number of nitrogens with one attached hydrogen (secondary N) is 1. The first-order valence-corrected chi connectivity index (χ1v) is 11.9. The number of hydrogen-bond donors (Lipinski definition) is 1. The van der Waals surface area contributed by atoms with E-state index >= 15 is 0 Å². The second kappa shape index (κ2) is 8.78. The Morgan fingerprint density at radius 1 is 1.22 bits per heavy atom. The standard InChI is InChI=1S/C24H33ClN6O/c1-24(20-15-17(32-3)14-19(27-20)23-18(25)6-5-9-26-23)16-31-21(28-24)7-4-8-22(31)30-12-10-29(2)11-13-30/h4-9,17,19-20,27H,10-16H2,1-3H3/t17-,19+,20-,24?/m1/s1. The minimum atomic E-state index is -0.271. The van der Waals surface area contributed by atoms with Crippen molar-refractivity contribution in [2.45, 2.75) is 43.5 Å². The van der Waals surface area contributed by atoms with Gasteiger partial charge in [0, 0.05) is 45.5 Å². The number of hydrogen-bond acceptors (Lipinski definition) is 7. The van der Waals surface area contributed by atoms with Crippen LogP contribution < -0.4 is 5.32 Å². The predicted molar refractivity (Wildman–Crippen MR) is 128 cm³/mol. The van der Waals surface area contributed by atoms with Crippen LogP contribution in [0.3, 0.4) is 0 Å². The van der Waals surface area contributed by atoms with Crippen molar-refractivity contribution in [3.63, 3.8) is 0 Å². The summed E-state index contributed by atoms with van der Waals surface area (Å²) in [5, 5.41) is 4.54. The van der Waals surface area contributed by atoms with E-state index in [9.17, 15) is 0 Å². The molecule has 0 amide bonds. The number of nitrogens with zero attached hydrogens (tertiary/aromatic N) is 5. The number of likely N-dealkylation sites (N-methyl/N-ethyl adjacent to an activating group) is 1. The average Bonchev–Trinajstić information content (AvgIpc) is 3.17. The van der Waals surface area contributed by atoms with E-state index in [1.165, 1.54) is 5.82 Å². The Labute approximate surface area is 195 Å². The van der Waals surface area contributed by atoms with Gasteiger partial charge < -0.3 is 24.8 Å². The molecule has 7 nitrogen and oxygen atoms in total. The Morgan fingerprint density at radius 2 is 2.03 bits per heavy atom. The maximum absolute atomic E-state index is 6.50. The maximum Gasteiger partial charge on any atom is 0.129 e. The molecular formula is C24H33ClN6O. The van der Waals surface area contributed by atoms with E-state index in [4.69, 9.17) is 21.3 Å². The molecule has 1 aromatic rings. The van der Waals surface area contributed by atoms with Gasteiger partial charge in [-0.3, -0.25) is 9.98 Å². The van der Waals surface area contributed by atoms with Gasteiger partial charge in [0.1, 0.15) is 11.7 Å². The first-order valence-electron chi connectivity index (χ1n) is 11.6. The summed E-state index contributed by atoms with van der Waals surface area (Å²) in [7, 11) is 3.99. The molecule has 8 heteroatoms. The highest BCUT2D eigenvalue weighted by atomic mass is 35.5. The second-order valence-corrected chi connectivity index (χ2v) is 9.97. The van der Waals surface area contributed by atoms with E-state index in [0.29, 0.717) is 5.02 Å². The fraction of sp³-hybridized carbons (Fsp3) is 0.583. The molecule has 2 saturated heterocycles. The number of ether oxygens (including phenoxy) is 1. The largest absolute Gasteiger partial charge is 0.381 e. The molecular weight excluding hydrogens is 424 g/mol. The number of pyridine rings is 1. The molecule has 0 spiro atoms. The summed E-state index contributed by atoms with van der Waals surface area (Å²) in [6.07, 6.45) is 10.2. The van der Waals surface area contributed by atoms with Crippen LogP contribution in [-0.4, -0.2) is 90.1 Å². The van der Waals surface area contributed by atoms with Gasteiger partial charge in [-0.05, 0) is 51.1 Å². The Bertz CT molecular complexity index is 940. The van der Waals surface area contributed by atoms with Crippen molar-refractivity contribution >= 4 is 17.4 Å². The van der Waals surface area contributed by atoms with Gasteiger partial charge in [0.15, 0.2) is 0 Å². The number of fused-ring (bicyclic) bond motifs is 1. The van der Waals surface area contributed by atoms with Crippen LogP contribution in [0.15, 0.2) is 47.4 Å². The minimum Gasteiger partial charge on any atom is -0.381 e. The smallest absolute Gasteiger partial charge is 0.129 e. The third kappa shape index (κ3) is 4.07. The summed E-state index contributed by atoms with van der Waals surface area (Å²) >= 11 is 6.50. The van der Waals surface area contributed by atoms with Crippen molar-refractivity contribution in [2.75, 3.05) is 46.9 Å². The zero-order valence-corrected chi connectivity index (χ0v) is 19.9. The quantitative estimate of drug-likeness (QED) is 0.751. The number of aromatic nitrogens is 1. The number of aliphatic imine (C=N–C) groups is 1. The highest BCUT2D eigenvalue weighted by molar-refractivity contribution is 6.31. The molecule has 1 aromatic heterocycles. The highest BCUT2D eigenvalue weighted by Crippen LogP contribution is 2.38. The first-order chi connectivity index (χ1) is 15.5. The van der Waals surface area contributed by atoms with Gasteiger partial charge in [-0.25, -0.2) is 0 Å². The number of allylic oxidation sites excluding steroid dienone is 2. The molecule has 0 saturated carbocycles. The topological polar surface area (TPSA) is 56.2 Å². The SMILES string of the molecule is CO[C@@H]1C[C@@H](c2ncccc2Cl)N[C@@H](C2(C)CN3C(N4CCN(C)CC4)=CC=CC3=N2)C1. The van der Waals surface area contributed by atoms with Crippen LogP contribution >= 0.6 is 11.6 Å². The lowest BCUT2D eigenvalue weighted by molar-refractivity contribution is 0.0309. The van der Waals surface area contributed by atoms with Crippen LogP contribution in [0.1, 0.15) is 31.5 Å². The Balaban J connectivity index is 1.37. The molecule has 1 unspecified atom stereocenters. The number of amidine groups is 1. The van der Waals surface area contributed by atoms with E-state index < -0.39 is 0 Å². The number of piperidine rings is 1. The van der Waals surface area contributed by atoms with E-state index in [1.807, 2.05) is 18.3 Å². The molecule has 0 bridgehead atoms. The number of piperazine rings is 1. The van der Waals surface area contributed by atoms with Gasteiger partial charge in [0.25, 0.3) is 0 Å². The molecule has 5 heterocycles. The fourth-order valence-corrected chi connectivity index (χ4v) is 5.62. The van der Waals surface area contributed by atoms with Gasteiger partial charge in [0.2, 0.25) is 0 Å². The first kappa shape index (κ1) is 21.9. The summed E-state index contributed by atoms with van der Waals surface area (Å²) < 4.78 is 5.85. The second-order valence-electron chi connectivity index (χ2n) is 9.56. The average molecular weight is 457 g/mol. The molecule has 172 valence electrons. The van der Waals surface area contributed by atoms with Gasteiger partial charge in [0.05, 0.1) is 34.9 Å². The zero-order valence-electron chi connectivity index (χ0n) is 19.2. The highest BCUT2D eigenvalue weighted by Gasteiger charge is 2.47. The third-order valence-electron chi connectivity index (χ3n) is 7.32. The van der Waals surface area contributed by atoms with Crippen LogP contribution in [-0.2, 0) is 4.74 Å². The van der Waals surface area contributed by atoms with Crippen molar-refractivity contribution in [1.82, 2.24) is 25.0 Å². The van der Waals surface area contributed by atoms with E-state index in [1.54, 1.807) is 7.11 Å². The van der Waals surface area contributed by atoms with E-state index in [0.717, 1.165) is 57.1 Å². The van der Waals surface area contributed by atoms with Crippen LogP contribution in [0.4, 0.5) is 0 Å². The molecule has 4 atom stereocenters. The molecule has 0 radical (unpaired) electrons. The minimum absolute atomic E-state index is 0.0465. The van der Waals surface area contributed by atoms with Crippen LogP contribution in [0, 0.1) is 0 Å². The molecule has 4 aliphatic rings. The molecule has 2 fully saturated rings. The van der Waals surface area contributed by atoms with E-state index in [-0.39, 0.29) is 23.7 Å².